The summed E-state index contributed by atoms with van der Waals surface area (Å²) in [4.78, 5) is 0. The molecule has 0 spiro atoms. The predicted octanol–water partition coefficient (Wildman–Crippen LogP) is 5.91. The molecule has 1 saturated carbocycles. The molecule has 2 aromatic rings. The fourth-order valence-electron chi connectivity index (χ4n) is 3.45. The molecule has 22 heavy (non-hydrogen) atoms. The summed E-state index contributed by atoms with van der Waals surface area (Å²) >= 11 is 0. The van der Waals surface area contributed by atoms with Crippen molar-refractivity contribution in [3.63, 3.8) is 0 Å². The molecule has 3 rings (SSSR count). The molecule has 1 heteroatoms. The van der Waals surface area contributed by atoms with E-state index in [1.165, 1.54) is 5.56 Å². The number of para-hydroxylation sites is 1. The van der Waals surface area contributed by atoms with Gasteiger partial charge in [-0.05, 0) is 59.4 Å². The van der Waals surface area contributed by atoms with Crippen molar-refractivity contribution in [2.75, 3.05) is 0 Å². The molecule has 0 heterocycles. The first kappa shape index (κ1) is 15.1. The zero-order valence-electron chi connectivity index (χ0n) is 14.0. The Hall–Kier alpha value is -1.76. The molecular formula is C21H25O. The van der Waals surface area contributed by atoms with Gasteiger partial charge in [0, 0.05) is 0 Å². The van der Waals surface area contributed by atoms with Gasteiger partial charge in [0.15, 0.2) is 0 Å². The molecule has 0 N–H and O–H groups in total. The molecule has 0 bridgehead atoms. The average Bonchev–Trinajstić information content (AvgIpc) is 2.87. The van der Waals surface area contributed by atoms with Gasteiger partial charge in [-0.2, -0.15) is 0 Å². The van der Waals surface area contributed by atoms with Crippen LogP contribution >= 0.6 is 0 Å². The molecule has 0 unspecified atom stereocenters. The minimum absolute atomic E-state index is 0.422. The monoisotopic (exact) mass is 293 g/mol. The van der Waals surface area contributed by atoms with Gasteiger partial charge < -0.3 is 4.74 Å². The minimum atomic E-state index is 0.422. The summed E-state index contributed by atoms with van der Waals surface area (Å²) in [6.45, 7) is 9.46. The second kappa shape index (κ2) is 5.46. The highest BCUT2D eigenvalue weighted by molar-refractivity contribution is 5.35. The van der Waals surface area contributed by atoms with Crippen LogP contribution in [0, 0.1) is 23.2 Å². The first-order valence-corrected chi connectivity index (χ1v) is 8.06. The van der Waals surface area contributed by atoms with Crippen LogP contribution in [0.15, 0.2) is 54.6 Å². The molecule has 2 aromatic carbocycles. The van der Waals surface area contributed by atoms with Crippen molar-refractivity contribution in [2.45, 2.75) is 34.1 Å². The first-order chi connectivity index (χ1) is 10.4. The van der Waals surface area contributed by atoms with Gasteiger partial charge in [0.2, 0.25) is 0 Å². The minimum Gasteiger partial charge on any atom is -0.457 e. The van der Waals surface area contributed by atoms with E-state index in [1.54, 1.807) is 0 Å². The SMILES string of the molecule is CC1(C)C([CH]Cc2cccc(Oc3ccccc3)c2)C1(C)C. The van der Waals surface area contributed by atoms with E-state index < -0.39 is 0 Å². The topological polar surface area (TPSA) is 9.23 Å². The molecule has 0 saturated heterocycles. The summed E-state index contributed by atoms with van der Waals surface area (Å²) in [5.41, 5.74) is 2.16. The molecule has 1 aliphatic rings. The molecular weight excluding hydrogens is 268 g/mol. The highest BCUT2D eigenvalue weighted by Crippen LogP contribution is 2.69. The van der Waals surface area contributed by atoms with Gasteiger partial charge in [0.25, 0.3) is 0 Å². The second-order valence-corrected chi connectivity index (χ2v) is 7.42. The Morgan fingerprint density at radius 1 is 0.864 bits per heavy atom. The lowest BCUT2D eigenvalue weighted by atomic mass is 10.0. The van der Waals surface area contributed by atoms with Crippen molar-refractivity contribution in [1.29, 1.82) is 0 Å². The van der Waals surface area contributed by atoms with E-state index in [0.29, 0.717) is 16.7 Å². The Labute approximate surface area is 134 Å². The van der Waals surface area contributed by atoms with Gasteiger partial charge >= 0.3 is 0 Å². The summed E-state index contributed by atoms with van der Waals surface area (Å²) in [6, 6.07) is 18.3. The molecule has 0 atom stereocenters. The maximum Gasteiger partial charge on any atom is 0.127 e. The van der Waals surface area contributed by atoms with Crippen LogP contribution in [0.4, 0.5) is 0 Å². The van der Waals surface area contributed by atoms with E-state index in [4.69, 9.17) is 4.74 Å². The highest BCUT2D eigenvalue weighted by atomic mass is 16.5. The standard InChI is InChI=1S/C21H25O/c1-20(2)19(21(20,3)4)14-13-16-9-8-12-18(15-16)22-17-10-6-5-7-11-17/h5-12,14-15,19H,13H2,1-4H3. The number of hydrogen-bond donors (Lipinski definition) is 0. The summed E-state index contributed by atoms with van der Waals surface area (Å²) in [5.74, 6) is 2.48. The lowest BCUT2D eigenvalue weighted by molar-refractivity contribution is 0.457. The maximum atomic E-state index is 5.91. The average molecular weight is 293 g/mol. The third-order valence-electron chi connectivity index (χ3n) is 5.60. The van der Waals surface area contributed by atoms with Crippen molar-refractivity contribution in [3.05, 3.63) is 66.6 Å². The zero-order valence-corrected chi connectivity index (χ0v) is 14.0. The number of benzene rings is 2. The van der Waals surface area contributed by atoms with Crippen LogP contribution in [-0.2, 0) is 6.42 Å². The van der Waals surface area contributed by atoms with Crippen molar-refractivity contribution in [1.82, 2.24) is 0 Å². The Morgan fingerprint density at radius 3 is 2.14 bits per heavy atom. The number of hydrogen-bond acceptors (Lipinski definition) is 1. The van der Waals surface area contributed by atoms with Crippen LogP contribution in [0.5, 0.6) is 11.5 Å². The molecule has 115 valence electrons. The van der Waals surface area contributed by atoms with E-state index in [2.05, 4.69) is 52.3 Å². The Kier molecular flexibility index (Phi) is 3.76. The Bertz CT molecular complexity index is 626. The van der Waals surface area contributed by atoms with Crippen LogP contribution in [0.25, 0.3) is 0 Å². The fourth-order valence-corrected chi connectivity index (χ4v) is 3.45. The smallest absolute Gasteiger partial charge is 0.127 e. The van der Waals surface area contributed by atoms with Crippen LogP contribution in [0.1, 0.15) is 33.3 Å². The van der Waals surface area contributed by atoms with Crippen molar-refractivity contribution < 1.29 is 4.74 Å². The number of ether oxygens (including phenoxy) is 1. The van der Waals surface area contributed by atoms with E-state index in [9.17, 15) is 0 Å². The summed E-state index contributed by atoms with van der Waals surface area (Å²) in [5, 5.41) is 0. The van der Waals surface area contributed by atoms with Crippen LogP contribution in [0.3, 0.4) is 0 Å². The summed E-state index contributed by atoms with van der Waals surface area (Å²) in [6.07, 6.45) is 3.48. The van der Waals surface area contributed by atoms with Crippen molar-refractivity contribution in [2.24, 2.45) is 16.7 Å². The van der Waals surface area contributed by atoms with E-state index in [0.717, 1.165) is 17.9 Å². The third-order valence-corrected chi connectivity index (χ3v) is 5.60. The van der Waals surface area contributed by atoms with Gasteiger partial charge in [0.05, 0.1) is 0 Å². The molecule has 1 fully saturated rings. The molecule has 0 amide bonds. The first-order valence-electron chi connectivity index (χ1n) is 8.06. The number of rotatable bonds is 5. The molecule has 0 aromatic heterocycles. The van der Waals surface area contributed by atoms with Gasteiger partial charge in [-0.3, -0.25) is 0 Å². The quantitative estimate of drug-likeness (QED) is 0.666. The Morgan fingerprint density at radius 2 is 1.50 bits per heavy atom. The van der Waals surface area contributed by atoms with Crippen molar-refractivity contribution >= 4 is 0 Å². The van der Waals surface area contributed by atoms with Gasteiger partial charge in [-0.15, -0.1) is 0 Å². The van der Waals surface area contributed by atoms with E-state index in [1.807, 2.05) is 36.4 Å². The predicted molar refractivity (Wildman–Crippen MR) is 92.0 cm³/mol. The van der Waals surface area contributed by atoms with Crippen LogP contribution in [0.2, 0.25) is 0 Å². The largest absolute Gasteiger partial charge is 0.457 e. The molecule has 1 radical (unpaired) electrons. The maximum absolute atomic E-state index is 5.91. The lowest BCUT2D eigenvalue weighted by Crippen LogP contribution is -1.95. The third kappa shape index (κ3) is 2.77. The fraction of sp³-hybridized carbons (Fsp3) is 0.381. The van der Waals surface area contributed by atoms with Crippen LogP contribution in [-0.4, -0.2) is 0 Å². The Balaban J connectivity index is 1.63. The van der Waals surface area contributed by atoms with Gasteiger partial charge in [-0.1, -0.05) is 58.0 Å². The van der Waals surface area contributed by atoms with E-state index in [-0.39, 0.29) is 0 Å². The molecule has 1 nitrogen and oxygen atoms in total. The normalized spacial score (nSPS) is 18.9. The molecule has 0 aliphatic heterocycles. The second-order valence-electron chi connectivity index (χ2n) is 7.42. The van der Waals surface area contributed by atoms with Crippen molar-refractivity contribution in [3.8, 4) is 11.5 Å². The highest BCUT2D eigenvalue weighted by Gasteiger charge is 2.63. The van der Waals surface area contributed by atoms with Crippen LogP contribution < -0.4 is 4.74 Å². The molecule has 1 aliphatic carbocycles. The lowest BCUT2D eigenvalue weighted by Gasteiger charge is -2.08. The summed E-state index contributed by atoms with van der Waals surface area (Å²) < 4.78 is 5.91. The zero-order chi connectivity index (χ0) is 15.8. The van der Waals surface area contributed by atoms with Gasteiger partial charge in [0.1, 0.15) is 11.5 Å². The van der Waals surface area contributed by atoms with Gasteiger partial charge in [-0.25, -0.2) is 0 Å². The summed E-state index contributed by atoms with van der Waals surface area (Å²) in [7, 11) is 0. The van der Waals surface area contributed by atoms with E-state index >= 15 is 0 Å².